The van der Waals surface area contributed by atoms with Crippen molar-refractivity contribution in [3.05, 3.63) is 40.9 Å². The van der Waals surface area contributed by atoms with Crippen LogP contribution in [0.3, 0.4) is 0 Å². The zero-order chi connectivity index (χ0) is 18.1. The van der Waals surface area contributed by atoms with Crippen LogP contribution in [0.15, 0.2) is 24.3 Å². The van der Waals surface area contributed by atoms with Crippen LogP contribution in [0, 0.1) is 5.92 Å². The number of para-hydroxylation sites is 1. The van der Waals surface area contributed by atoms with E-state index in [1.165, 1.54) is 0 Å². The van der Waals surface area contributed by atoms with Gasteiger partial charge in [0.05, 0.1) is 10.7 Å². The van der Waals surface area contributed by atoms with Crippen molar-refractivity contribution < 1.29 is 14.7 Å². The van der Waals surface area contributed by atoms with Crippen molar-refractivity contribution in [2.75, 3.05) is 0 Å². The van der Waals surface area contributed by atoms with Crippen LogP contribution in [0.5, 0.6) is 0 Å². The van der Waals surface area contributed by atoms with E-state index in [1.54, 1.807) is 30.7 Å². The van der Waals surface area contributed by atoms with Gasteiger partial charge in [-0.3, -0.25) is 4.79 Å². The molecule has 2 N–H and O–H groups in total. The van der Waals surface area contributed by atoms with Crippen LogP contribution in [-0.2, 0) is 4.79 Å². The molecule has 1 aliphatic carbocycles. The van der Waals surface area contributed by atoms with Gasteiger partial charge in [0.2, 0.25) is 5.82 Å². The van der Waals surface area contributed by atoms with E-state index in [0.29, 0.717) is 16.5 Å². The molecule has 1 aromatic carbocycles. The number of carbonyl (C=O) groups is 2. The fourth-order valence-electron chi connectivity index (χ4n) is 2.55. The second-order valence-electron chi connectivity index (χ2n) is 6.46. The average molecular weight is 363 g/mol. The number of halogens is 1. The highest BCUT2D eigenvalue weighted by Gasteiger charge is 2.33. The van der Waals surface area contributed by atoms with Gasteiger partial charge in [0.15, 0.2) is 0 Å². The molecule has 0 unspecified atom stereocenters. The average Bonchev–Trinajstić information content (AvgIpc) is 3.31. The Morgan fingerprint density at radius 2 is 2.00 bits per heavy atom. The molecule has 0 radical (unpaired) electrons. The first-order chi connectivity index (χ1) is 11.9. The SMILES string of the molecule is CC(C)[C@H](NC(=O)c1nc(C2CC2)n(-c2ccccc2Cl)n1)C(=O)O. The van der Waals surface area contributed by atoms with E-state index in [1.807, 2.05) is 12.1 Å². The molecule has 1 amide bonds. The van der Waals surface area contributed by atoms with Gasteiger partial charge in [0, 0.05) is 5.92 Å². The summed E-state index contributed by atoms with van der Waals surface area (Å²) in [4.78, 5) is 28.1. The Morgan fingerprint density at radius 3 is 2.56 bits per heavy atom. The first-order valence-electron chi connectivity index (χ1n) is 8.14. The summed E-state index contributed by atoms with van der Waals surface area (Å²) in [5.41, 5.74) is 0.649. The molecular formula is C17H19ClN4O3. The summed E-state index contributed by atoms with van der Waals surface area (Å²) in [6.07, 6.45) is 1.96. The molecule has 2 aromatic rings. The molecule has 7 nitrogen and oxygen atoms in total. The van der Waals surface area contributed by atoms with Gasteiger partial charge in [-0.25, -0.2) is 14.5 Å². The smallest absolute Gasteiger partial charge is 0.326 e. The molecule has 3 rings (SSSR count). The lowest BCUT2D eigenvalue weighted by atomic mass is 10.1. The van der Waals surface area contributed by atoms with Gasteiger partial charge in [-0.2, -0.15) is 0 Å². The Bertz CT molecular complexity index is 814. The third kappa shape index (κ3) is 3.66. The third-order valence-electron chi connectivity index (χ3n) is 4.08. The van der Waals surface area contributed by atoms with Gasteiger partial charge in [0.1, 0.15) is 11.9 Å². The van der Waals surface area contributed by atoms with E-state index in [-0.39, 0.29) is 17.7 Å². The molecule has 25 heavy (non-hydrogen) atoms. The van der Waals surface area contributed by atoms with E-state index in [2.05, 4.69) is 15.4 Å². The van der Waals surface area contributed by atoms with Gasteiger partial charge >= 0.3 is 5.97 Å². The van der Waals surface area contributed by atoms with Crippen molar-refractivity contribution in [1.29, 1.82) is 0 Å². The van der Waals surface area contributed by atoms with Crippen LogP contribution in [-0.4, -0.2) is 37.8 Å². The van der Waals surface area contributed by atoms with Crippen LogP contribution >= 0.6 is 11.6 Å². The number of hydrogen-bond donors (Lipinski definition) is 2. The number of benzene rings is 1. The van der Waals surface area contributed by atoms with Crippen LogP contribution in [0.25, 0.3) is 5.69 Å². The quantitative estimate of drug-likeness (QED) is 0.823. The van der Waals surface area contributed by atoms with Crippen molar-refractivity contribution in [1.82, 2.24) is 20.1 Å². The van der Waals surface area contributed by atoms with Gasteiger partial charge in [-0.15, -0.1) is 5.10 Å². The molecular weight excluding hydrogens is 344 g/mol. The number of carbonyl (C=O) groups excluding carboxylic acids is 1. The van der Waals surface area contributed by atoms with E-state index in [4.69, 9.17) is 11.6 Å². The van der Waals surface area contributed by atoms with Crippen molar-refractivity contribution in [3.63, 3.8) is 0 Å². The lowest BCUT2D eigenvalue weighted by Crippen LogP contribution is -2.44. The molecule has 0 spiro atoms. The molecule has 132 valence electrons. The van der Waals surface area contributed by atoms with Crippen LogP contribution in [0.4, 0.5) is 0 Å². The predicted octanol–water partition coefficient (Wildman–Crippen LogP) is 2.64. The number of carboxylic acids is 1. The minimum Gasteiger partial charge on any atom is -0.480 e. The standard InChI is InChI=1S/C17H19ClN4O3/c1-9(2)13(17(24)25)19-16(23)14-20-15(10-7-8-10)22(21-14)12-6-4-3-5-11(12)18/h3-6,9-10,13H,7-8H2,1-2H3,(H,19,23)(H,24,25)/t13-/m0/s1. The highest BCUT2D eigenvalue weighted by atomic mass is 35.5. The molecule has 8 heteroatoms. The van der Waals surface area contributed by atoms with E-state index >= 15 is 0 Å². The fourth-order valence-corrected chi connectivity index (χ4v) is 2.76. The van der Waals surface area contributed by atoms with Gasteiger partial charge < -0.3 is 10.4 Å². The summed E-state index contributed by atoms with van der Waals surface area (Å²) in [6.45, 7) is 3.45. The van der Waals surface area contributed by atoms with E-state index in [0.717, 1.165) is 12.8 Å². The second kappa shape index (κ2) is 6.84. The summed E-state index contributed by atoms with van der Waals surface area (Å²) in [5, 5.41) is 16.5. The maximum absolute atomic E-state index is 12.4. The minimum atomic E-state index is -1.09. The monoisotopic (exact) mass is 362 g/mol. The summed E-state index contributed by atoms with van der Waals surface area (Å²) in [5.74, 6) is -1.07. The molecule has 0 aliphatic heterocycles. The number of rotatable bonds is 6. The zero-order valence-corrected chi connectivity index (χ0v) is 14.7. The lowest BCUT2D eigenvalue weighted by Gasteiger charge is -2.16. The number of aromatic nitrogens is 3. The van der Waals surface area contributed by atoms with Crippen LogP contribution < -0.4 is 5.32 Å². The fraction of sp³-hybridized carbons (Fsp3) is 0.412. The highest BCUT2D eigenvalue weighted by Crippen LogP contribution is 2.40. The first kappa shape index (κ1) is 17.4. The normalized spacial score (nSPS) is 15.2. The Morgan fingerprint density at radius 1 is 1.32 bits per heavy atom. The largest absolute Gasteiger partial charge is 0.480 e. The predicted molar refractivity (Wildman–Crippen MR) is 92.1 cm³/mol. The van der Waals surface area contributed by atoms with Crippen molar-refractivity contribution in [2.45, 2.75) is 38.6 Å². The van der Waals surface area contributed by atoms with Crippen molar-refractivity contribution >= 4 is 23.5 Å². The zero-order valence-electron chi connectivity index (χ0n) is 13.9. The van der Waals surface area contributed by atoms with E-state index < -0.39 is 17.9 Å². The molecule has 1 fully saturated rings. The number of nitrogens with zero attached hydrogens (tertiary/aromatic N) is 3. The number of carboxylic acid groups (broad SMARTS) is 1. The summed E-state index contributed by atoms with van der Waals surface area (Å²) >= 11 is 6.25. The lowest BCUT2D eigenvalue weighted by molar-refractivity contribution is -0.140. The highest BCUT2D eigenvalue weighted by molar-refractivity contribution is 6.32. The number of aliphatic carboxylic acids is 1. The summed E-state index contributed by atoms with van der Waals surface area (Å²) in [7, 11) is 0. The number of hydrogen-bond acceptors (Lipinski definition) is 4. The maximum atomic E-state index is 12.4. The third-order valence-corrected chi connectivity index (χ3v) is 4.40. The Labute approximate surface area is 150 Å². The molecule has 1 atom stereocenters. The Balaban J connectivity index is 1.93. The molecule has 1 aromatic heterocycles. The summed E-state index contributed by atoms with van der Waals surface area (Å²) in [6, 6.07) is 6.20. The minimum absolute atomic E-state index is 0.0475. The molecule has 0 saturated heterocycles. The first-order valence-corrected chi connectivity index (χ1v) is 8.51. The molecule has 0 bridgehead atoms. The van der Waals surface area contributed by atoms with E-state index in [9.17, 15) is 14.7 Å². The van der Waals surface area contributed by atoms with Gasteiger partial charge in [-0.1, -0.05) is 37.6 Å². The maximum Gasteiger partial charge on any atom is 0.326 e. The molecule has 1 heterocycles. The molecule has 1 aliphatic rings. The van der Waals surface area contributed by atoms with Crippen molar-refractivity contribution in [2.24, 2.45) is 5.92 Å². The molecule has 1 saturated carbocycles. The summed E-state index contributed by atoms with van der Waals surface area (Å²) < 4.78 is 1.58. The van der Waals surface area contributed by atoms with Gasteiger partial charge in [0.25, 0.3) is 5.91 Å². The topological polar surface area (TPSA) is 97.1 Å². The number of nitrogens with one attached hydrogen (secondary N) is 1. The Hall–Kier alpha value is -2.41. The van der Waals surface area contributed by atoms with Crippen LogP contribution in [0.2, 0.25) is 5.02 Å². The van der Waals surface area contributed by atoms with Gasteiger partial charge in [-0.05, 0) is 30.9 Å². The number of amides is 1. The van der Waals surface area contributed by atoms with Crippen molar-refractivity contribution in [3.8, 4) is 5.69 Å². The van der Waals surface area contributed by atoms with Crippen LogP contribution in [0.1, 0.15) is 49.1 Å². The second-order valence-corrected chi connectivity index (χ2v) is 6.87. The Kier molecular flexibility index (Phi) is 4.76.